The highest BCUT2D eigenvalue weighted by atomic mass is 35.5. The van der Waals surface area contributed by atoms with E-state index in [0.29, 0.717) is 12.0 Å². The van der Waals surface area contributed by atoms with Crippen LogP contribution >= 0.6 is 11.6 Å². The number of hydrogen-bond acceptors (Lipinski definition) is 1. The van der Waals surface area contributed by atoms with Crippen molar-refractivity contribution in [1.29, 1.82) is 0 Å². The summed E-state index contributed by atoms with van der Waals surface area (Å²) in [4.78, 5) is 0. The molecule has 0 fully saturated rings. The summed E-state index contributed by atoms with van der Waals surface area (Å²) in [6.45, 7) is 2.87. The Kier molecular flexibility index (Phi) is 5.16. The molecule has 0 aliphatic carbocycles. The lowest BCUT2D eigenvalue weighted by molar-refractivity contribution is 0.574. The molecule has 1 nitrogen and oxygen atoms in total. The molecule has 1 unspecified atom stereocenters. The third kappa shape index (κ3) is 3.59. The Morgan fingerprint density at radius 1 is 1.20 bits per heavy atom. The van der Waals surface area contributed by atoms with Crippen LogP contribution in [-0.2, 0) is 6.42 Å². The lowest BCUT2D eigenvalue weighted by atomic mass is 9.91. The summed E-state index contributed by atoms with van der Waals surface area (Å²) in [7, 11) is 1.91. The summed E-state index contributed by atoms with van der Waals surface area (Å²) in [5.74, 6) is -0.0733. The van der Waals surface area contributed by atoms with Crippen LogP contribution in [0.3, 0.4) is 0 Å². The third-order valence-electron chi connectivity index (χ3n) is 3.46. The van der Waals surface area contributed by atoms with E-state index in [9.17, 15) is 4.39 Å². The molecule has 0 saturated carbocycles. The lowest BCUT2D eigenvalue weighted by Gasteiger charge is -2.18. The summed E-state index contributed by atoms with van der Waals surface area (Å²) in [5.41, 5.74) is 3.10. The van der Waals surface area contributed by atoms with E-state index in [4.69, 9.17) is 11.6 Å². The van der Waals surface area contributed by atoms with Crippen LogP contribution in [0.4, 0.5) is 4.39 Å². The molecule has 0 spiro atoms. The molecule has 20 heavy (non-hydrogen) atoms. The molecule has 0 radical (unpaired) electrons. The predicted molar refractivity (Wildman–Crippen MR) is 83.0 cm³/mol. The van der Waals surface area contributed by atoms with Crippen LogP contribution in [0.15, 0.2) is 42.5 Å². The highest BCUT2D eigenvalue weighted by molar-refractivity contribution is 6.30. The fraction of sp³-hybridized carbons (Fsp3) is 0.294. The third-order valence-corrected chi connectivity index (χ3v) is 3.75. The van der Waals surface area contributed by atoms with E-state index >= 15 is 0 Å². The molecule has 0 heterocycles. The van der Waals surface area contributed by atoms with Gasteiger partial charge in [0.25, 0.3) is 0 Å². The van der Waals surface area contributed by atoms with Crippen LogP contribution < -0.4 is 5.32 Å². The van der Waals surface area contributed by atoms with Gasteiger partial charge in [-0.15, -0.1) is 0 Å². The summed E-state index contributed by atoms with van der Waals surface area (Å²) in [6.07, 6.45) is 0.636. The Bertz CT molecular complexity index is 583. The van der Waals surface area contributed by atoms with Gasteiger partial charge in [0.1, 0.15) is 5.82 Å². The van der Waals surface area contributed by atoms with Gasteiger partial charge in [-0.3, -0.25) is 0 Å². The largest absolute Gasteiger partial charge is 0.319 e. The van der Waals surface area contributed by atoms with E-state index in [0.717, 1.165) is 6.54 Å². The first-order chi connectivity index (χ1) is 9.61. The molecule has 0 aromatic heterocycles. The topological polar surface area (TPSA) is 12.0 Å². The van der Waals surface area contributed by atoms with E-state index in [-0.39, 0.29) is 16.8 Å². The number of likely N-dealkylation sites (N-methyl/N-ethyl adjacent to an activating group) is 1. The van der Waals surface area contributed by atoms with Gasteiger partial charge in [-0.1, -0.05) is 53.6 Å². The van der Waals surface area contributed by atoms with E-state index in [1.54, 1.807) is 18.2 Å². The zero-order valence-corrected chi connectivity index (χ0v) is 12.5. The van der Waals surface area contributed by atoms with Crippen LogP contribution in [0.1, 0.15) is 22.6 Å². The number of halogens is 2. The Morgan fingerprint density at radius 3 is 2.65 bits per heavy atom. The van der Waals surface area contributed by atoms with Crippen molar-refractivity contribution in [3.05, 3.63) is 70.0 Å². The fourth-order valence-electron chi connectivity index (χ4n) is 2.45. The molecule has 2 aromatic carbocycles. The van der Waals surface area contributed by atoms with Gasteiger partial charge in [0.05, 0.1) is 5.02 Å². The first-order valence-electron chi connectivity index (χ1n) is 6.76. The maximum absolute atomic E-state index is 14.0. The van der Waals surface area contributed by atoms with Gasteiger partial charge in [0.15, 0.2) is 0 Å². The maximum Gasteiger partial charge on any atom is 0.144 e. The summed E-state index contributed by atoms with van der Waals surface area (Å²) in [5, 5.41) is 3.37. The molecule has 106 valence electrons. The zero-order valence-electron chi connectivity index (χ0n) is 11.8. The van der Waals surface area contributed by atoms with Crippen molar-refractivity contribution in [2.75, 3.05) is 13.6 Å². The van der Waals surface area contributed by atoms with Crippen molar-refractivity contribution in [2.24, 2.45) is 0 Å². The molecular weight excluding hydrogens is 273 g/mol. The van der Waals surface area contributed by atoms with Crippen LogP contribution in [0, 0.1) is 12.7 Å². The SMILES string of the molecule is CNCC(Cc1cccc(Cl)c1F)c1cccc(C)c1. The fourth-order valence-corrected chi connectivity index (χ4v) is 2.64. The average Bonchev–Trinajstić information content (AvgIpc) is 2.43. The van der Waals surface area contributed by atoms with Crippen LogP contribution in [0.5, 0.6) is 0 Å². The standard InChI is InChI=1S/C17H19ClFN/c1-12-5-3-6-13(9-12)15(11-20-2)10-14-7-4-8-16(18)17(14)19/h3-9,15,20H,10-11H2,1-2H3. The zero-order chi connectivity index (χ0) is 14.5. The van der Waals surface area contributed by atoms with Gasteiger partial charge in [0, 0.05) is 12.5 Å². The van der Waals surface area contributed by atoms with Crippen molar-refractivity contribution in [1.82, 2.24) is 5.32 Å². The molecule has 0 aliphatic rings. The smallest absolute Gasteiger partial charge is 0.144 e. The summed E-state index contributed by atoms with van der Waals surface area (Å²) in [6, 6.07) is 13.6. The monoisotopic (exact) mass is 291 g/mol. The first kappa shape index (κ1) is 15.0. The number of hydrogen-bond donors (Lipinski definition) is 1. The molecule has 3 heteroatoms. The predicted octanol–water partition coefficient (Wildman–Crippen LogP) is 4.33. The Balaban J connectivity index is 2.28. The van der Waals surface area contributed by atoms with Gasteiger partial charge in [-0.2, -0.15) is 0 Å². The van der Waals surface area contributed by atoms with E-state index in [1.165, 1.54) is 11.1 Å². The van der Waals surface area contributed by atoms with Gasteiger partial charge in [-0.05, 0) is 37.6 Å². The molecule has 1 N–H and O–H groups in total. The van der Waals surface area contributed by atoms with Crippen LogP contribution in [-0.4, -0.2) is 13.6 Å². The Hall–Kier alpha value is -1.38. The second kappa shape index (κ2) is 6.87. The molecule has 1 atom stereocenters. The van der Waals surface area contributed by atoms with E-state index in [1.807, 2.05) is 13.1 Å². The number of benzene rings is 2. The summed E-state index contributed by atoms with van der Waals surface area (Å²) >= 11 is 5.85. The normalized spacial score (nSPS) is 12.4. The average molecular weight is 292 g/mol. The highest BCUT2D eigenvalue weighted by Crippen LogP contribution is 2.25. The van der Waals surface area contributed by atoms with Gasteiger partial charge in [0.2, 0.25) is 0 Å². The van der Waals surface area contributed by atoms with Crippen molar-refractivity contribution >= 4 is 11.6 Å². The lowest BCUT2D eigenvalue weighted by Crippen LogP contribution is -2.19. The van der Waals surface area contributed by atoms with Crippen LogP contribution in [0.25, 0.3) is 0 Å². The molecule has 0 bridgehead atoms. The Labute approximate surface area is 124 Å². The van der Waals surface area contributed by atoms with Crippen molar-refractivity contribution in [3.8, 4) is 0 Å². The number of aryl methyl sites for hydroxylation is 1. The molecule has 2 rings (SSSR count). The summed E-state index contributed by atoms with van der Waals surface area (Å²) < 4.78 is 14.0. The minimum absolute atomic E-state index is 0.190. The second-order valence-corrected chi connectivity index (χ2v) is 5.49. The molecular formula is C17H19ClFN. The van der Waals surface area contributed by atoms with Gasteiger partial charge < -0.3 is 5.32 Å². The Morgan fingerprint density at radius 2 is 1.95 bits per heavy atom. The number of nitrogens with one attached hydrogen (secondary N) is 1. The number of rotatable bonds is 5. The molecule has 0 aliphatic heterocycles. The van der Waals surface area contributed by atoms with Crippen molar-refractivity contribution in [2.45, 2.75) is 19.3 Å². The maximum atomic E-state index is 14.0. The quantitative estimate of drug-likeness (QED) is 0.864. The minimum atomic E-state index is -0.303. The minimum Gasteiger partial charge on any atom is -0.319 e. The first-order valence-corrected chi connectivity index (χ1v) is 7.13. The molecule has 2 aromatic rings. The van der Waals surface area contributed by atoms with E-state index < -0.39 is 0 Å². The van der Waals surface area contributed by atoms with Crippen molar-refractivity contribution in [3.63, 3.8) is 0 Å². The van der Waals surface area contributed by atoms with Crippen LogP contribution in [0.2, 0.25) is 5.02 Å². The molecule has 0 saturated heterocycles. The van der Waals surface area contributed by atoms with Gasteiger partial charge >= 0.3 is 0 Å². The van der Waals surface area contributed by atoms with Gasteiger partial charge in [-0.25, -0.2) is 4.39 Å². The van der Waals surface area contributed by atoms with Crippen molar-refractivity contribution < 1.29 is 4.39 Å². The highest BCUT2D eigenvalue weighted by Gasteiger charge is 2.15. The molecule has 0 amide bonds. The van der Waals surface area contributed by atoms with E-state index in [2.05, 4.69) is 30.4 Å². The second-order valence-electron chi connectivity index (χ2n) is 5.09.